The third-order valence-electron chi connectivity index (χ3n) is 2.92. The fraction of sp³-hybridized carbons (Fsp3) is 0.250. The summed E-state index contributed by atoms with van der Waals surface area (Å²) in [5.74, 6) is 0.469. The summed E-state index contributed by atoms with van der Waals surface area (Å²) in [6, 6.07) is 10.8. The van der Waals surface area contributed by atoms with Crippen molar-refractivity contribution in [2.24, 2.45) is 0 Å². The average Bonchev–Trinajstić information content (AvgIpc) is 2.46. The normalized spacial score (nSPS) is 10.2. The average molecular weight is 286 g/mol. The molecule has 2 N–H and O–H groups in total. The number of carboxylic acid groups (broad SMARTS) is 1. The van der Waals surface area contributed by atoms with Crippen LogP contribution in [-0.2, 0) is 0 Å². The number of nitrogens with one attached hydrogen (secondary N) is 1. The van der Waals surface area contributed by atoms with E-state index in [4.69, 9.17) is 9.84 Å². The molecule has 0 spiro atoms. The lowest BCUT2D eigenvalue weighted by molar-refractivity contribution is 0.0695. The molecule has 0 aliphatic heterocycles. The van der Waals surface area contributed by atoms with Crippen molar-refractivity contribution in [2.45, 2.75) is 20.3 Å². The SMILES string of the molecule is CCCOc1ccc(Nc2ccc(C(=O)O)c(C)n2)cc1. The molecule has 5 heteroatoms. The number of hydrogen-bond donors (Lipinski definition) is 2. The maximum absolute atomic E-state index is 10.9. The highest BCUT2D eigenvalue weighted by atomic mass is 16.5. The second-order valence-electron chi connectivity index (χ2n) is 4.63. The van der Waals surface area contributed by atoms with Crippen molar-refractivity contribution >= 4 is 17.5 Å². The minimum absolute atomic E-state index is 0.212. The van der Waals surface area contributed by atoms with Gasteiger partial charge in [0, 0.05) is 5.69 Å². The minimum atomic E-state index is -0.969. The van der Waals surface area contributed by atoms with Gasteiger partial charge in [-0.1, -0.05) is 6.92 Å². The van der Waals surface area contributed by atoms with Crippen LogP contribution in [0.4, 0.5) is 11.5 Å². The summed E-state index contributed by atoms with van der Waals surface area (Å²) >= 11 is 0. The minimum Gasteiger partial charge on any atom is -0.494 e. The number of ether oxygens (including phenoxy) is 1. The van der Waals surface area contributed by atoms with E-state index in [2.05, 4.69) is 17.2 Å². The van der Waals surface area contributed by atoms with Crippen LogP contribution in [-0.4, -0.2) is 22.7 Å². The van der Waals surface area contributed by atoms with E-state index in [0.29, 0.717) is 18.1 Å². The summed E-state index contributed by atoms with van der Waals surface area (Å²) < 4.78 is 5.51. The third-order valence-corrected chi connectivity index (χ3v) is 2.92. The molecule has 0 unspecified atom stereocenters. The maximum Gasteiger partial charge on any atom is 0.337 e. The molecule has 0 aliphatic rings. The number of aromatic nitrogens is 1. The van der Waals surface area contributed by atoms with E-state index in [1.807, 2.05) is 24.3 Å². The number of carboxylic acids is 1. The van der Waals surface area contributed by atoms with Crippen LogP contribution in [0.5, 0.6) is 5.75 Å². The van der Waals surface area contributed by atoms with E-state index in [9.17, 15) is 4.79 Å². The molecule has 0 fully saturated rings. The van der Waals surface area contributed by atoms with E-state index in [-0.39, 0.29) is 5.56 Å². The largest absolute Gasteiger partial charge is 0.494 e. The highest BCUT2D eigenvalue weighted by Gasteiger charge is 2.08. The fourth-order valence-corrected chi connectivity index (χ4v) is 1.86. The quantitative estimate of drug-likeness (QED) is 0.848. The Morgan fingerprint density at radius 3 is 2.52 bits per heavy atom. The van der Waals surface area contributed by atoms with Gasteiger partial charge in [-0.3, -0.25) is 0 Å². The van der Waals surface area contributed by atoms with Crippen LogP contribution in [0.2, 0.25) is 0 Å². The monoisotopic (exact) mass is 286 g/mol. The number of aromatic carboxylic acids is 1. The van der Waals surface area contributed by atoms with Gasteiger partial charge >= 0.3 is 5.97 Å². The molecule has 0 saturated carbocycles. The van der Waals surface area contributed by atoms with Crippen LogP contribution in [0.3, 0.4) is 0 Å². The summed E-state index contributed by atoms with van der Waals surface area (Å²) in [5, 5.41) is 12.1. The van der Waals surface area contributed by atoms with Gasteiger partial charge in [-0.15, -0.1) is 0 Å². The Balaban J connectivity index is 2.07. The molecular weight excluding hydrogens is 268 g/mol. The summed E-state index contributed by atoms with van der Waals surface area (Å²) in [7, 11) is 0. The standard InChI is InChI=1S/C16H18N2O3/c1-3-10-21-13-6-4-12(5-7-13)18-15-9-8-14(16(19)20)11(2)17-15/h4-9H,3,10H2,1-2H3,(H,17,18)(H,19,20). The van der Waals surface area contributed by atoms with Gasteiger partial charge < -0.3 is 15.2 Å². The first-order chi connectivity index (χ1) is 10.1. The van der Waals surface area contributed by atoms with Gasteiger partial charge in [-0.2, -0.15) is 0 Å². The molecular formula is C16H18N2O3. The molecule has 0 saturated heterocycles. The van der Waals surface area contributed by atoms with Crippen LogP contribution >= 0.6 is 0 Å². The molecule has 5 nitrogen and oxygen atoms in total. The highest BCUT2D eigenvalue weighted by molar-refractivity contribution is 5.89. The first kappa shape index (κ1) is 14.8. The lowest BCUT2D eigenvalue weighted by Gasteiger charge is -2.09. The number of carbonyl (C=O) groups is 1. The van der Waals surface area contributed by atoms with Gasteiger partial charge in [0.15, 0.2) is 0 Å². The molecule has 0 bridgehead atoms. The van der Waals surface area contributed by atoms with Gasteiger partial charge in [0.05, 0.1) is 17.9 Å². The second kappa shape index (κ2) is 6.74. The molecule has 1 aromatic carbocycles. The fourth-order valence-electron chi connectivity index (χ4n) is 1.86. The number of pyridine rings is 1. The summed E-state index contributed by atoms with van der Waals surface area (Å²) in [6.07, 6.45) is 0.971. The van der Waals surface area contributed by atoms with Crippen molar-refractivity contribution in [3.05, 3.63) is 47.7 Å². The van der Waals surface area contributed by atoms with Crippen LogP contribution < -0.4 is 10.1 Å². The van der Waals surface area contributed by atoms with Crippen molar-refractivity contribution in [3.63, 3.8) is 0 Å². The molecule has 110 valence electrons. The van der Waals surface area contributed by atoms with Crippen molar-refractivity contribution in [2.75, 3.05) is 11.9 Å². The van der Waals surface area contributed by atoms with E-state index in [1.54, 1.807) is 19.1 Å². The number of anilines is 2. The maximum atomic E-state index is 10.9. The van der Waals surface area contributed by atoms with Crippen molar-refractivity contribution in [3.8, 4) is 5.75 Å². The molecule has 1 aromatic heterocycles. The molecule has 0 amide bonds. The van der Waals surface area contributed by atoms with E-state index in [0.717, 1.165) is 17.9 Å². The molecule has 1 heterocycles. The summed E-state index contributed by atoms with van der Waals surface area (Å²) in [5.41, 5.74) is 1.56. The van der Waals surface area contributed by atoms with Crippen LogP contribution in [0.1, 0.15) is 29.4 Å². The lowest BCUT2D eigenvalue weighted by atomic mass is 10.2. The number of benzene rings is 1. The number of aryl methyl sites for hydroxylation is 1. The molecule has 0 atom stereocenters. The molecule has 2 aromatic rings. The summed E-state index contributed by atoms with van der Waals surface area (Å²) in [6.45, 7) is 4.44. The highest BCUT2D eigenvalue weighted by Crippen LogP contribution is 2.20. The van der Waals surface area contributed by atoms with Crippen molar-refractivity contribution in [1.82, 2.24) is 4.98 Å². The Morgan fingerprint density at radius 2 is 1.95 bits per heavy atom. The van der Waals surface area contributed by atoms with Crippen LogP contribution in [0, 0.1) is 6.92 Å². The smallest absolute Gasteiger partial charge is 0.337 e. The zero-order valence-corrected chi connectivity index (χ0v) is 12.1. The number of nitrogens with zero attached hydrogens (tertiary/aromatic N) is 1. The number of hydrogen-bond acceptors (Lipinski definition) is 4. The van der Waals surface area contributed by atoms with Gasteiger partial charge in [-0.25, -0.2) is 9.78 Å². The first-order valence-corrected chi connectivity index (χ1v) is 6.81. The Hall–Kier alpha value is -2.56. The van der Waals surface area contributed by atoms with Gasteiger partial charge in [0.2, 0.25) is 0 Å². The van der Waals surface area contributed by atoms with E-state index in [1.165, 1.54) is 0 Å². The Labute approximate surface area is 123 Å². The molecule has 0 aliphatic carbocycles. The Kier molecular flexibility index (Phi) is 4.77. The molecule has 21 heavy (non-hydrogen) atoms. The zero-order chi connectivity index (χ0) is 15.2. The van der Waals surface area contributed by atoms with Crippen LogP contribution in [0.25, 0.3) is 0 Å². The lowest BCUT2D eigenvalue weighted by Crippen LogP contribution is -2.03. The molecule has 2 rings (SSSR count). The van der Waals surface area contributed by atoms with Crippen LogP contribution in [0.15, 0.2) is 36.4 Å². The second-order valence-corrected chi connectivity index (χ2v) is 4.63. The van der Waals surface area contributed by atoms with Gasteiger partial charge in [0.25, 0.3) is 0 Å². The molecule has 0 radical (unpaired) electrons. The Morgan fingerprint density at radius 1 is 1.24 bits per heavy atom. The van der Waals surface area contributed by atoms with Crippen molar-refractivity contribution in [1.29, 1.82) is 0 Å². The predicted molar refractivity (Wildman–Crippen MR) is 81.4 cm³/mol. The Bertz CT molecular complexity index is 624. The van der Waals surface area contributed by atoms with Gasteiger partial charge in [0.1, 0.15) is 11.6 Å². The van der Waals surface area contributed by atoms with E-state index < -0.39 is 5.97 Å². The third kappa shape index (κ3) is 3.95. The summed E-state index contributed by atoms with van der Waals surface area (Å²) in [4.78, 5) is 15.2. The predicted octanol–water partition coefficient (Wildman–Crippen LogP) is 3.62. The number of rotatable bonds is 6. The zero-order valence-electron chi connectivity index (χ0n) is 12.1. The topological polar surface area (TPSA) is 71.5 Å². The van der Waals surface area contributed by atoms with Gasteiger partial charge in [-0.05, 0) is 49.7 Å². The van der Waals surface area contributed by atoms with E-state index >= 15 is 0 Å². The first-order valence-electron chi connectivity index (χ1n) is 6.81. The van der Waals surface area contributed by atoms with Crippen molar-refractivity contribution < 1.29 is 14.6 Å².